The van der Waals surface area contributed by atoms with E-state index in [0.29, 0.717) is 38.9 Å². The highest BCUT2D eigenvalue weighted by Gasteiger charge is 2.69. The van der Waals surface area contributed by atoms with E-state index < -0.39 is 40.8 Å². The first kappa shape index (κ1) is 34.4. The van der Waals surface area contributed by atoms with E-state index in [2.05, 4.69) is 19.2 Å². The zero-order valence-corrected chi connectivity index (χ0v) is 27.9. The first-order valence-corrected chi connectivity index (χ1v) is 17.2. The number of ketones is 1. The van der Waals surface area contributed by atoms with E-state index in [4.69, 9.17) is 14.2 Å². The molecule has 0 unspecified atom stereocenters. The number of rotatable bonds is 12. The number of fused-ring (bicyclic) bond motifs is 5. The molecule has 0 bridgehead atoms. The maximum absolute atomic E-state index is 13.8. The Hall–Kier alpha value is -0.910. The van der Waals surface area contributed by atoms with Gasteiger partial charge in [-0.05, 0) is 119 Å². The average molecular weight is 622 g/mol. The number of carbonyl (C=O) groups is 1. The number of hydrogen-bond acceptors (Lipinski definition) is 9. The highest BCUT2D eigenvalue weighted by atomic mass is 16.5. The Morgan fingerprint density at radius 3 is 2.59 bits per heavy atom. The van der Waals surface area contributed by atoms with Gasteiger partial charge in [0.15, 0.2) is 5.78 Å². The van der Waals surface area contributed by atoms with Gasteiger partial charge < -0.3 is 40.0 Å². The molecular formula is C35H59NO8. The highest BCUT2D eigenvalue weighted by Crippen LogP contribution is 2.69. The summed E-state index contributed by atoms with van der Waals surface area (Å²) < 4.78 is 17.5. The smallest absolute Gasteiger partial charge is 0.159 e. The van der Waals surface area contributed by atoms with Gasteiger partial charge in [-0.1, -0.05) is 20.8 Å². The molecule has 5 N–H and O–H groups in total. The lowest BCUT2D eigenvalue weighted by Gasteiger charge is -2.60. The molecule has 13 atom stereocenters. The van der Waals surface area contributed by atoms with E-state index in [0.717, 1.165) is 44.2 Å². The zero-order valence-electron chi connectivity index (χ0n) is 27.9. The second kappa shape index (κ2) is 12.9. The molecule has 9 nitrogen and oxygen atoms in total. The van der Waals surface area contributed by atoms with Crippen molar-refractivity contribution >= 4 is 5.78 Å². The van der Waals surface area contributed by atoms with Crippen LogP contribution in [0.3, 0.4) is 0 Å². The summed E-state index contributed by atoms with van der Waals surface area (Å²) in [6.07, 6.45) is 6.24. The topological polar surface area (TPSA) is 138 Å². The van der Waals surface area contributed by atoms with Crippen molar-refractivity contribution in [3.05, 3.63) is 11.6 Å². The van der Waals surface area contributed by atoms with Crippen LogP contribution in [0.1, 0.15) is 85.5 Å². The van der Waals surface area contributed by atoms with E-state index in [1.807, 2.05) is 14.0 Å². The molecule has 4 fully saturated rings. The zero-order chi connectivity index (χ0) is 32.1. The van der Waals surface area contributed by atoms with Crippen LogP contribution in [0.15, 0.2) is 11.6 Å². The number of aliphatic hydroxyl groups is 4. The van der Waals surface area contributed by atoms with Crippen molar-refractivity contribution in [2.45, 2.75) is 121 Å². The Morgan fingerprint density at radius 1 is 1.16 bits per heavy atom. The van der Waals surface area contributed by atoms with Crippen LogP contribution < -0.4 is 5.32 Å². The lowest BCUT2D eigenvalue weighted by Crippen LogP contribution is -2.63. The van der Waals surface area contributed by atoms with E-state index in [1.165, 1.54) is 0 Å². The van der Waals surface area contributed by atoms with Gasteiger partial charge in [0, 0.05) is 31.7 Å². The predicted molar refractivity (Wildman–Crippen MR) is 167 cm³/mol. The van der Waals surface area contributed by atoms with Gasteiger partial charge in [-0.15, -0.1) is 0 Å². The van der Waals surface area contributed by atoms with Crippen molar-refractivity contribution in [3.63, 3.8) is 0 Å². The molecule has 5 aliphatic rings. The van der Waals surface area contributed by atoms with Crippen molar-refractivity contribution in [2.24, 2.45) is 40.4 Å². The molecule has 0 aromatic carbocycles. The maximum atomic E-state index is 13.8. The lowest BCUT2D eigenvalue weighted by molar-refractivity contribution is -0.198. The first-order valence-electron chi connectivity index (χ1n) is 17.2. The third kappa shape index (κ3) is 5.45. The van der Waals surface area contributed by atoms with E-state index in [-0.39, 0.29) is 47.6 Å². The van der Waals surface area contributed by atoms with Gasteiger partial charge in [0.25, 0.3) is 0 Å². The van der Waals surface area contributed by atoms with Gasteiger partial charge in [-0.2, -0.15) is 0 Å². The fourth-order valence-corrected chi connectivity index (χ4v) is 10.6. The van der Waals surface area contributed by atoms with Crippen LogP contribution in [0, 0.1) is 40.4 Å². The third-order valence-corrected chi connectivity index (χ3v) is 13.4. The van der Waals surface area contributed by atoms with Crippen LogP contribution in [-0.4, -0.2) is 102 Å². The molecule has 4 aliphatic carbocycles. The molecule has 44 heavy (non-hydrogen) atoms. The normalized spacial score (nSPS) is 45.7. The van der Waals surface area contributed by atoms with Gasteiger partial charge in [-0.3, -0.25) is 4.79 Å². The minimum Gasteiger partial charge on any atom is -0.394 e. The molecule has 1 aliphatic heterocycles. The summed E-state index contributed by atoms with van der Waals surface area (Å²) in [5.41, 5.74) is -2.88. The minimum absolute atomic E-state index is 0.0282. The number of ether oxygens (including phenoxy) is 3. The number of aliphatic hydroxyl groups excluding tert-OH is 2. The molecule has 252 valence electrons. The molecule has 1 heterocycles. The molecule has 0 aromatic rings. The van der Waals surface area contributed by atoms with Crippen LogP contribution in [0.5, 0.6) is 0 Å². The van der Waals surface area contributed by atoms with Crippen molar-refractivity contribution in [3.8, 4) is 0 Å². The molecule has 9 heteroatoms. The van der Waals surface area contributed by atoms with Gasteiger partial charge in [-0.25, -0.2) is 0 Å². The Labute approximate surface area is 264 Å². The second-order valence-corrected chi connectivity index (χ2v) is 15.5. The van der Waals surface area contributed by atoms with Crippen molar-refractivity contribution in [2.75, 3.05) is 40.5 Å². The standard InChI is InChI=1S/C35H59NO8/c1-21-23(11-15-36-5)30(44-28(21)20-37)31(39)34(4,40)29-10-14-35(41)25-19-27(38)26-18-22(43-17-7-16-42-6)8-12-32(26,2)24(25)9-13-33(29,35)3/h19,21-24,26,28-31,36-37,39-41H,7-18,20H2,1-6H3/t21-,22+,23-,24+,26+,28+,29+,30+,31-,32-,33-,34+,35-/m1/s1. The minimum atomic E-state index is -1.54. The predicted octanol–water partition coefficient (Wildman–Crippen LogP) is 3.01. The summed E-state index contributed by atoms with van der Waals surface area (Å²) in [5, 5.41) is 49.9. The van der Waals surface area contributed by atoms with Gasteiger partial charge >= 0.3 is 0 Å². The average Bonchev–Trinajstić information content (AvgIpc) is 3.47. The number of carbonyl (C=O) groups excluding carboxylic acids is 1. The molecule has 5 rings (SSSR count). The summed E-state index contributed by atoms with van der Waals surface area (Å²) in [5.74, 6) is -0.323. The monoisotopic (exact) mass is 621 g/mol. The van der Waals surface area contributed by atoms with Gasteiger partial charge in [0.05, 0.1) is 36.1 Å². The molecular weight excluding hydrogens is 562 g/mol. The Morgan fingerprint density at radius 2 is 1.91 bits per heavy atom. The van der Waals surface area contributed by atoms with E-state index in [1.54, 1.807) is 20.1 Å². The van der Waals surface area contributed by atoms with Gasteiger partial charge in [0.1, 0.15) is 6.10 Å². The molecule has 0 aromatic heterocycles. The fraction of sp³-hybridized carbons (Fsp3) is 0.914. The molecule has 1 saturated heterocycles. The Bertz CT molecular complexity index is 1070. The maximum Gasteiger partial charge on any atom is 0.159 e. The van der Waals surface area contributed by atoms with Crippen molar-refractivity contribution in [1.82, 2.24) is 5.32 Å². The fourth-order valence-electron chi connectivity index (χ4n) is 10.6. The quantitative estimate of drug-likeness (QED) is 0.208. The number of nitrogens with one attached hydrogen (secondary N) is 1. The molecule has 3 saturated carbocycles. The first-order chi connectivity index (χ1) is 20.8. The summed E-state index contributed by atoms with van der Waals surface area (Å²) in [4.78, 5) is 13.8. The number of methoxy groups -OCH3 is 1. The molecule has 0 spiro atoms. The third-order valence-electron chi connectivity index (χ3n) is 13.4. The summed E-state index contributed by atoms with van der Waals surface area (Å²) in [6.45, 7) is 9.95. The highest BCUT2D eigenvalue weighted by molar-refractivity contribution is 5.95. The number of hydrogen-bond donors (Lipinski definition) is 5. The Kier molecular flexibility index (Phi) is 10.1. The lowest BCUT2D eigenvalue weighted by atomic mass is 9.46. The van der Waals surface area contributed by atoms with Crippen molar-refractivity contribution < 1.29 is 39.4 Å². The largest absolute Gasteiger partial charge is 0.394 e. The number of allylic oxidation sites excluding steroid dienone is 1. The SMILES string of the molecule is CNCC[C@@H]1[C@@H](C)[C@H](CO)O[C@@H]1[C@@H](O)[C@@](C)(O)[C@H]1CC[C@@]2(O)C3=CC(=O)[C@@H]4C[C@@H](OCCCOC)CC[C@]4(C)[C@H]3CC[C@]12C. The van der Waals surface area contributed by atoms with Crippen LogP contribution in [-0.2, 0) is 19.0 Å². The second-order valence-electron chi connectivity index (χ2n) is 15.5. The van der Waals surface area contributed by atoms with Crippen molar-refractivity contribution in [1.29, 1.82) is 0 Å². The molecule has 0 amide bonds. The van der Waals surface area contributed by atoms with Crippen LogP contribution in [0.2, 0.25) is 0 Å². The van der Waals surface area contributed by atoms with Crippen LogP contribution in [0.25, 0.3) is 0 Å². The Balaban J connectivity index is 1.37. The van der Waals surface area contributed by atoms with Crippen LogP contribution >= 0.6 is 0 Å². The molecule has 0 radical (unpaired) electrons. The summed E-state index contributed by atoms with van der Waals surface area (Å²) >= 11 is 0. The van der Waals surface area contributed by atoms with E-state index in [9.17, 15) is 25.2 Å². The van der Waals surface area contributed by atoms with E-state index >= 15 is 0 Å². The van der Waals surface area contributed by atoms with Gasteiger partial charge in [0.2, 0.25) is 0 Å². The summed E-state index contributed by atoms with van der Waals surface area (Å²) in [7, 11) is 3.58. The van der Waals surface area contributed by atoms with Crippen LogP contribution in [0.4, 0.5) is 0 Å². The summed E-state index contributed by atoms with van der Waals surface area (Å²) in [6, 6.07) is 0.